The molecule has 17 heavy (non-hydrogen) atoms. The summed E-state index contributed by atoms with van der Waals surface area (Å²) >= 11 is 0. The summed E-state index contributed by atoms with van der Waals surface area (Å²) in [5.74, 6) is 1.44. The molecule has 0 unspecified atom stereocenters. The lowest BCUT2D eigenvalue weighted by Crippen LogP contribution is -2.02. The molecule has 0 atom stereocenters. The summed E-state index contributed by atoms with van der Waals surface area (Å²) < 4.78 is 15.6. The van der Waals surface area contributed by atoms with E-state index in [0.717, 1.165) is 30.8 Å². The second kappa shape index (κ2) is 7.92. The van der Waals surface area contributed by atoms with Gasteiger partial charge in [0.1, 0.15) is 11.5 Å². The third kappa shape index (κ3) is 4.63. The van der Waals surface area contributed by atoms with Crippen molar-refractivity contribution in [2.24, 2.45) is 0 Å². The van der Waals surface area contributed by atoms with Crippen molar-refractivity contribution >= 4 is 0 Å². The van der Waals surface area contributed by atoms with Crippen LogP contribution in [0.15, 0.2) is 18.2 Å². The molecule has 0 saturated carbocycles. The first-order chi connectivity index (χ1) is 8.31. The smallest absolute Gasteiger partial charge is 0.125 e. The summed E-state index contributed by atoms with van der Waals surface area (Å²) in [5, 5.41) is 9.22. The van der Waals surface area contributed by atoms with Crippen LogP contribution in [0.1, 0.15) is 18.4 Å². The van der Waals surface area contributed by atoms with E-state index in [-0.39, 0.29) is 6.61 Å². The molecule has 0 amide bonds. The number of unbranched alkanes of at least 4 members (excludes halogenated alkanes) is 1. The molecule has 4 heteroatoms. The predicted molar refractivity (Wildman–Crippen MR) is 65.5 cm³/mol. The topological polar surface area (TPSA) is 47.9 Å². The normalized spacial score (nSPS) is 10.3. The highest BCUT2D eigenvalue weighted by molar-refractivity contribution is 5.39. The average molecular weight is 240 g/mol. The lowest BCUT2D eigenvalue weighted by Gasteiger charge is -2.11. The summed E-state index contributed by atoms with van der Waals surface area (Å²) in [5.41, 5.74) is 0.746. The molecule has 0 aliphatic carbocycles. The Hall–Kier alpha value is -1.26. The van der Waals surface area contributed by atoms with Crippen molar-refractivity contribution in [3.05, 3.63) is 23.8 Å². The van der Waals surface area contributed by atoms with E-state index in [0.29, 0.717) is 12.4 Å². The number of aliphatic hydroxyl groups excluding tert-OH is 1. The van der Waals surface area contributed by atoms with E-state index in [1.807, 2.05) is 12.1 Å². The van der Waals surface area contributed by atoms with E-state index in [4.69, 9.17) is 14.2 Å². The molecule has 0 saturated heterocycles. The van der Waals surface area contributed by atoms with E-state index in [1.54, 1.807) is 20.3 Å². The quantitative estimate of drug-likeness (QED) is 0.706. The van der Waals surface area contributed by atoms with Crippen LogP contribution in [0.5, 0.6) is 11.5 Å². The van der Waals surface area contributed by atoms with Crippen LogP contribution in [0.25, 0.3) is 0 Å². The van der Waals surface area contributed by atoms with Crippen LogP contribution in [-0.2, 0) is 11.3 Å². The molecule has 4 nitrogen and oxygen atoms in total. The Morgan fingerprint density at radius 2 is 1.88 bits per heavy atom. The summed E-state index contributed by atoms with van der Waals surface area (Å²) in [7, 11) is 3.29. The molecule has 1 aromatic carbocycles. The molecule has 0 heterocycles. The number of rotatable bonds is 8. The van der Waals surface area contributed by atoms with Crippen LogP contribution in [0.3, 0.4) is 0 Å². The lowest BCUT2D eigenvalue weighted by atomic mass is 10.2. The van der Waals surface area contributed by atoms with Crippen molar-refractivity contribution < 1.29 is 19.3 Å². The Kier molecular flexibility index (Phi) is 6.43. The summed E-state index contributed by atoms with van der Waals surface area (Å²) in [6.07, 6.45) is 1.91. The Balaban J connectivity index is 2.46. The van der Waals surface area contributed by atoms with Crippen molar-refractivity contribution in [3.8, 4) is 11.5 Å². The van der Waals surface area contributed by atoms with E-state index in [1.165, 1.54) is 0 Å². The number of methoxy groups -OCH3 is 2. The van der Waals surface area contributed by atoms with Gasteiger partial charge in [-0.25, -0.2) is 0 Å². The zero-order valence-electron chi connectivity index (χ0n) is 10.4. The van der Waals surface area contributed by atoms with Gasteiger partial charge in [-0.1, -0.05) is 0 Å². The number of ether oxygens (including phenoxy) is 3. The van der Waals surface area contributed by atoms with E-state index >= 15 is 0 Å². The minimum absolute atomic E-state index is 0.0510. The monoisotopic (exact) mass is 240 g/mol. The van der Waals surface area contributed by atoms with Crippen LogP contribution >= 0.6 is 0 Å². The largest absolute Gasteiger partial charge is 0.497 e. The molecule has 1 aromatic rings. The minimum atomic E-state index is -0.0510. The first-order valence-electron chi connectivity index (χ1n) is 5.71. The molecule has 0 aliphatic heterocycles. The van der Waals surface area contributed by atoms with Crippen molar-refractivity contribution in [2.75, 3.05) is 27.4 Å². The average Bonchev–Trinajstić information content (AvgIpc) is 2.38. The molecular formula is C13H20O4. The van der Waals surface area contributed by atoms with Gasteiger partial charge in [-0.15, -0.1) is 0 Å². The molecular weight excluding hydrogens is 220 g/mol. The van der Waals surface area contributed by atoms with Crippen LogP contribution in [0.4, 0.5) is 0 Å². The first kappa shape index (κ1) is 13.8. The van der Waals surface area contributed by atoms with Gasteiger partial charge in [-0.2, -0.15) is 0 Å². The highest BCUT2D eigenvalue weighted by Gasteiger charge is 2.04. The molecule has 1 N–H and O–H groups in total. The van der Waals surface area contributed by atoms with E-state index < -0.39 is 0 Å². The first-order valence-corrected chi connectivity index (χ1v) is 5.71. The maximum atomic E-state index is 9.22. The Bertz CT molecular complexity index is 325. The van der Waals surface area contributed by atoms with Gasteiger partial charge in [0.05, 0.1) is 20.3 Å². The lowest BCUT2D eigenvalue weighted by molar-refractivity contribution is 0.183. The molecule has 1 rings (SSSR count). The number of hydrogen-bond acceptors (Lipinski definition) is 4. The maximum absolute atomic E-state index is 9.22. The molecule has 0 aliphatic rings. The Morgan fingerprint density at radius 3 is 2.53 bits per heavy atom. The SMILES string of the molecule is COCCCCOc1ccc(OC)cc1CO. The van der Waals surface area contributed by atoms with Gasteiger partial charge < -0.3 is 19.3 Å². The molecule has 0 bridgehead atoms. The molecule has 0 aromatic heterocycles. The maximum Gasteiger partial charge on any atom is 0.125 e. The second-order valence-corrected chi connectivity index (χ2v) is 3.68. The van der Waals surface area contributed by atoms with E-state index in [9.17, 15) is 5.11 Å². The Labute approximate surface area is 102 Å². The standard InChI is InChI=1S/C13H20O4/c1-15-7-3-4-8-17-13-6-5-12(16-2)9-11(13)10-14/h5-6,9,14H,3-4,7-8,10H2,1-2H3. The van der Waals surface area contributed by atoms with Crippen LogP contribution < -0.4 is 9.47 Å². The van der Waals surface area contributed by atoms with Crippen LogP contribution in [-0.4, -0.2) is 32.5 Å². The second-order valence-electron chi connectivity index (χ2n) is 3.68. The van der Waals surface area contributed by atoms with Gasteiger partial charge in [0, 0.05) is 19.3 Å². The van der Waals surface area contributed by atoms with Gasteiger partial charge in [-0.3, -0.25) is 0 Å². The van der Waals surface area contributed by atoms with Crippen molar-refractivity contribution in [1.29, 1.82) is 0 Å². The molecule has 0 spiro atoms. The highest BCUT2D eigenvalue weighted by Crippen LogP contribution is 2.24. The zero-order valence-corrected chi connectivity index (χ0v) is 10.4. The predicted octanol–water partition coefficient (Wildman–Crippen LogP) is 1.99. The van der Waals surface area contributed by atoms with Crippen molar-refractivity contribution in [1.82, 2.24) is 0 Å². The van der Waals surface area contributed by atoms with Gasteiger partial charge in [0.25, 0.3) is 0 Å². The summed E-state index contributed by atoms with van der Waals surface area (Å²) in [6, 6.07) is 5.43. The zero-order chi connectivity index (χ0) is 12.5. The van der Waals surface area contributed by atoms with Gasteiger partial charge in [0.2, 0.25) is 0 Å². The van der Waals surface area contributed by atoms with Crippen molar-refractivity contribution in [2.45, 2.75) is 19.4 Å². The summed E-state index contributed by atoms with van der Waals surface area (Å²) in [4.78, 5) is 0. The van der Waals surface area contributed by atoms with Crippen molar-refractivity contribution in [3.63, 3.8) is 0 Å². The van der Waals surface area contributed by atoms with Crippen LogP contribution in [0.2, 0.25) is 0 Å². The van der Waals surface area contributed by atoms with Gasteiger partial charge in [-0.05, 0) is 31.0 Å². The van der Waals surface area contributed by atoms with Gasteiger partial charge in [0.15, 0.2) is 0 Å². The fourth-order valence-corrected chi connectivity index (χ4v) is 1.48. The fourth-order valence-electron chi connectivity index (χ4n) is 1.48. The minimum Gasteiger partial charge on any atom is -0.497 e. The third-order valence-corrected chi connectivity index (χ3v) is 2.44. The molecule has 0 fully saturated rings. The molecule has 0 radical (unpaired) electrons. The highest BCUT2D eigenvalue weighted by atomic mass is 16.5. The fraction of sp³-hybridized carbons (Fsp3) is 0.538. The van der Waals surface area contributed by atoms with Crippen LogP contribution in [0, 0.1) is 0 Å². The van der Waals surface area contributed by atoms with E-state index in [2.05, 4.69) is 0 Å². The number of aliphatic hydroxyl groups is 1. The Morgan fingerprint density at radius 1 is 1.12 bits per heavy atom. The van der Waals surface area contributed by atoms with Gasteiger partial charge >= 0.3 is 0 Å². The molecule has 96 valence electrons. The third-order valence-electron chi connectivity index (χ3n) is 2.44. The number of hydrogen-bond donors (Lipinski definition) is 1. The number of benzene rings is 1. The summed E-state index contributed by atoms with van der Waals surface area (Å²) in [6.45, 7) is 1.33.